The number of hydrogen-bond acceptors (Lipinski definition) is 2. The smallest absolute Gasteiger partial charge is 0.123 e. The van der Waals surface area contributed by atoms with Crippen LogP contribution in [-0.2, 0) is 0 Å². The summed E-state index contributed by atoms with van der Waals surface area (Å²) in [4.78, 5) is 7.90. The van der Waals surface area contributed by atoms with Gasteiger partial charge in [0.05, 0.1) is 17.3 Å². The minimum atomic E-state index is -0.223. The zero-order valence-electron chi connectivity index (χ0n) is 13.9. The Labute approximate surface area is 148 Å². The van der Waals surface area contributed by atoms with Crippen molar-refractivity contribution in [1.29, 1.82) is 0 Å². The highest BCUT2D eigenvalue weighted by Crippen LogP contribution is 2.30. The second-order valence-corrected chi connectivity index (χ2v) is 6.09. The Hall–Kier alpha value is -2.07. The number of nitrogens with zero attached hydrogens (tertiary/aromatic N) is 1. The molecular weight excluding hydrogens is 325 g/mol. The van der Waals surface area contributed by atoms with Gasteiger partial charge in [-0.15, -0.1) is 12.4 Å². The molecule has 0 aliphatic carbocycles. The summed E-state index contributed by atoms with van der Waals surface area (Å²) in [6.45, 7) is 4.44. The molecule has 0 spiro atoms. The lowest BCUT2D eigenvalue weighted by molar-refractivity contribution is 0.473. The van der Waals surface area contributed by atoms with E-state index >= 15 is 0 Å². The number of aromatic amines is 1. The number of rotatable bonds is 6. The second kappa shape index (κ2) is 8.15. The third-order valence-electron chi connectivity index (χ3n) is 4.35. The average Bonchev–Trinajstić information content (AvgIpc) is 3.04. The van der Waals surface area contributed by atoms with Gasteiger partial charge in [-0.3, -0.25) is 4.98 Å². The van der Waals surface area contributed by atoms with E-state index in [4.69, 9.17) is 0 Å². The van der Waals surface area contributed by atoms with Gasteiger partial charge in [0, 0.05) is 23.5 Å². The molecule has 3 rings (SSSR count). The number of halogens is 2. The first-order valence-electron chi connectivity index (χ1n) is 8.11. The predicted molar refractivity (Wildman–Crippen MR) is 100 cm³/mol. The lowest BCUT2D eigenvalue weighted by atomic mass is 9.96. The first-order chi connectivity index (χ1) is 11.2. The maximum absolute atomic E-state index is 13.1. The molecule has 2 N–H and O–H groups in total. The number of hydrogen-bond donors (Lipinski definition) is 2. The summed E-state index contributed by atoms with van der Waals surface area (Å²) in [5.74, 6) is 0.346. The van der Waals surface area contributed by atoms with Crippen molar-refractivity contribution in [1.82, 2.24) is 9.97 Å². The number of benzene rings is 1. The van der Waals surface area contributed by atoms with Crippen LogP contribution >= 0.6 is 12.4 Å². The highest BCUT2D eigenvalue weighted by atomic mass is 35.5. The summed E-state index contributed by atoms with van der Waals surface area (Å²) in [7, 11) is 0. The van der Waals surface area contributed by atoms with E-state index in [1.54, 1.807) is 12.1 Å². The van der Waals surface area contributed by atoms with Gasteiger partial charge >= 0.3 is 0 Å². The van der Waals surface area contributed by atoms with Crippen LogP contribution in [0, 0.1) is 11.7 Å². The van der Waals surface area contributed by atoms with Gasteiger partial charge in [0.2, 0.25) is 0 Å². The van der Waals surface area contributed by atoms with Crippen LogP contribution in [0.3, 0.4) is 0 Å². The van der Waals surface area contributed by atoms with E-state index in [0.717, 1.165) is 35.1 Å². The maximum atomic E-state index is 13.1. The van der Waals surface area contributed by atoms with Gasteiger partial charge in [0.1, 0.15) is 5.82 Å². The third-order valence-corrected chi connectivity index (χ3v) is 4.35. The molecule has 24 heavy (non-hydrogen) atoms. The lowest BCUT2D eigenvalue weighted by Gasteiger charge is -2.23. The van der Waals surface area contributed by atoms with Crippen LogP contribution in [0.15, 0.2) is 48.8 Å². The van der Waals surface area contributed by atoms with E-state index in [1.807, 2.05) is 18.5 Å². The molecule has 2 atom stereocenters. The summed E-state index contributed by atoms with van der Waals surface area (Å²) >= 11 is 0. The fourth-order valence-corrected chi connectivity index (χ4v) is 2.82. The Morgan fingerprint density at radius 1 is 1.17 bits per heavy atom. The van der Waals surface area contributed by atoms with E-state index in [9.17, 15) is 4.39 Å². The Balaban J connectivity index is 0.00000208. The Kier molecular flexibility index (Phi) is 6.21. The number of anilines is 1. The number of nitrogens with one attached hydrogen (secondary N) is 2. The van der Waals surface area contributed by atoms with Crippen LogP contribution in [-0.4, -0.2) is 9.97 Å². The van der Waals surface area contributed by atoms with E-state index in [2.05, 4.69) is 35.2 Å². The summed E-state index contributed by atoms with van der Waals surface area (Å²) in [5.41, 5.74) is 2.98. The minimum Gasteiger partial charge on any atom is -0.377 e. The molecule has 0 fully saturated rings. The van der Waals surface area contributed by atoms with Crippen molar-refractivity contribution in [3.05, 3.63) is 60.3 Å². The molecule has 0 saturated heterocycles. The monoisotopic (exact) mass is 347 g/mol. The number of fused-ring (bicyclic) bond motifs is 1. The first kappa shape index (κ1) is 18.3. The molecule has 0 aliphatic heterocycles. The molecule has 2 unspecified atom stereocenters. The van der Waals surface area contributed by atoms with Gasteiger partial charge in [0.25, 0.3) is 0 Å². The molecule has 3 aromatic rings. The molecule has 1 aromatic carbocycles. The van der Waals surface area contributed by atoms with Gasteiger partial charge in [-0.1, -0.05) is 20.3 Å². The third kappa shape index (κ3) is 4.06. The van der Waals surface area contributed by atoms with E-state index in [1.165, 1.54) is 12.1 Å². The van der Waals surface area contributed by atoms with E-state index in [-0.39, 0.29) is 24.3 Å². The van der Waals surface area contributed by atoms with Crippen LogP contribution in [0.1, 0.15) is 38.4 Å². The Morgan fingerprint density at radius 3 is 2.62 bits per heavy atom. The molecule has 0 radical (unpaired) electrons. The maximum Gasteiger partial charge on any atom is 0.123 e. The average molecular weight is 348 g/mol. The molecule has 0 amide bonds. The summed E-state index contributed by atoms with van der Waals surface area (Å²) in [5, 5.41) is 4.68. The van der Waals surface area contributed by atoms with Crippen LogP contribution in [0.2, 0.25) is 0 Å². The number of aromatic nitrogens is 2. The van der Waals surface area contributed by atoms with Crippen LogP contribution < -0.4 is 5.32 Å². The molecule has 128 valence electrons. The predicted octanol–water partition coefficient (Wildman–Crippen LogP) is 5.71. The van der Waals surface area contributed by atoms with Gasteiger partial charge in [-0.25, -0.2) is 4.39 Å². The summed E-state index contributed by atoms with van der Waals surface area (Å²) in [6, 6.07) is 10.6. The van der Waals surface area contributed by atoms with Crippen molar-refractivity contribution < 1.29 is 4.39 Å². The molecule has 2 heterocycles. The molecule has 3 nitrogen and oxygen atoms in total. The molecular formula is C19H23ClFN3. The summed E-state index contributed by atoms with van der Waals surface area (Å²) in [6.07, 6.45) is 5.87. The molecule has 0 saturated carbocycles. The molecule has 0 aliphatic rings. The second-order valence-electron chi connectivity index (χ2n) is 6.09. The van der Waals surface area contributed by atoms with Crippen LogP contribution in [0.4, 0.5) is 10.1 Å². The SMILES string of the molecule is CCC(C)CC(Nc1ccc(F)cc1)c1nccc2cc[nH]c12.Cl. The van der Waals surface area contributed by atoms with Crippen molar-refractivity contribution in [2.75, 3.05) is 5.32 Å². The normalized spacial score (nSPS) is 13.3. The highest BCUT2D eigenvalue weighted by molar-refractivity contribution is 5.85. The Bertz CT molecular complexity index is 770. The number of pyridine rings is 1. The van der Waals surface area contributed by atoms with Gasteiger partial charge in [-0.05, 0) is 48.7 Å². The molecule has 5 heteroatoms. The van der Waals surface area contributed by atoms with Gasteiger partial charge < -0.3 is 10.3 Å². The Morgan fingerprint density at radius 2 is 1.92 bits per heavy atom. The molecule has 0 bridgehead atoms. The van der Waals surface area contributed by atoms with Crippen molar-refractivity contribution in [3.8, 4) is 0 Å². The van der Waals surface area contributed by atoms with Crippen molar-refractivity contribution in [3.63, 3.8) is 0 Å². The fraction of sp³-hybridized carbons (Fsp3) is 0.316. The van der Waals surface area contributed by atoms with Crippen LogP contribution in [0.25, 0.3) is 10.9 Å². The first-order valence-corrected chi connectivity index (χ1v) is 8.11. The highest BCUT2D eigenvalue weighted by Gasteiger charge is 2.19. The van der Waals surface area contributed by atoms with Crippen molar-refractivity contribution in [2.24, 2.45) is 5.92 Å². The molecule has 2 aromatic heterocycles. The summed E-state index contributed by atoms with van der Waals surface area (Å²) < 4.78 is 13.1. The van der Waals surface area contributed by atoms with Crippen LogP contribution in [0.5, 0.6) is 0 Å². The topological polar surface area (TPSA) is 40.7 Å². The van der Waals surface area contributed by atoms with Gasteiger partial charge in [0.15, 0.2) is 0 Å². The largest absolute Gasteiger partial charge is 0.377 e. The zero-order chi connectivity index (χ0) is 16.2. The van der Waals surface area contributed by atoms with Crippen molar-refractivity contribution >= 4 is 29.0 Å². The zero-order valence-corrected chi connectivity index (χ0v) is 14.7. The van der Waals surface area contributed by atoms with E-state index in [0.29, 0.717) is 5.92 Å². The standard InChI is InChI=1S/C19H22FN3.ClH/c1-3-13(2)12-17(23-16-6-4-15(20)5-7-16)19-18-14(8-10-21-18)9-11-22-19;/h4-11,13,17,21,23H,3,12H2,1-2H3;1H. The number of H-pyrrole nitrogens is 1. The van der Waals surface area contributed by atoms with Gasteiger partial charge in [-0.2, -0.15) is 0 Å². The quantitative estimate of drug-likeness (QED) is 0.599. The lowest BCUT2D eigenvalue weighted by Crippen LogP contribution is -2.16. The minimum absolute atomic E-state index is 0. The van der Waals surface area contributed by atoms with E-state index < -0.39 is 0 Å². The fourth-order valence-electron chi connectivity index (χ4n) is 2.82. The van der Waals surface area contributed by atoms with Crippen molar-refractivity contribution in [2.45, 2.75) is 32.7 Å².